The van der Waals surface area contributed by atoms with E-state index in [4.69, 9.17) is 4.74 Å². The van der Waals surface area contributed by atoms with Crippen molar-refractivity contribution < 1.29 is 17.9 Å². The highest BCUT2D eigenvalue weighted by Gasteiger charge is 2.23. The Morgan fingerprint density at radius 1 is 0.962 bits per heavy atom. The molecule has 1 fully saturated rings. The molecule has 2 aromatic rings. The number of hydrogen-bond donors (Lipinski definition) is 0. The second kappa shape index (κ2) is 8.15. The summed E-state index contributed by atoms with van der Waals surface area (Å²) in [5.41, 5.74) is 1.13. The van der Waals surface area contributed by atoms with Crippen LogP contribution in [0.15, 0.2) is 30.3 Å². The van der Waals surface area contributed by atoms with Gasteiger partial charge in [-0.1, -0.05) is 44.0 Å². The fourth-order valence-corrected chi connectivity index (χ4v) is 4.10. The highest BCUT2D eigenvalue weighted by Crippen LogP contribution is 2.39. The van der Waals surface area contributed by atoms with E-state index in [2.05, 4.69) is 6.92 Å². The molecule has 1 nitrogen and oxygen atoms in total. The molecule has 0 radical (unpaired) electrons. The maximum absolute atomic E-state index is 14.4. The Bertz CT molecular complexity index is 747. The van der Waals surface area contributed by atoms with E-state index >= 15 is 0 Å². The largest absolute Gasteiger partial charge is 0.494 e. The summed E-state index contributed by atoms with van der Waals surface area (Å²) in [6.45, 7) is 2.23. The van der Waals surface area contributed by atoms with Gasteiger partial charge in [0.25, 0.3) is 0 Å². The van der Waals surface area contributed by atoms with Gasteiger partial charge in [0.15, 0.2) is 23.2 Å². The molecule has 26 heavy (non-hydrogen) atoms. The third-order valence-corrected chi connectivity index (χ3v) is 5.56. The van der Waals surface area contributed by atoms with Gasteiger partial charge in [-0.2, -0.15) is 0 Å². The summed E-state index contributed by atoms with van der Waals surface area (Å²) >= 11 is 0. The van der Waals surface area contributed by atoms with E-state index in [1.54, 1.807) is 12.1 Å². The van der Waals surface area contributed by atoms with Gasteiger partial charge in [0.05, 0.1) is 12.7 Å². The Labute approximate surface area is 153 Å². The third-order valence-electron chi connectivity index (χ3n) is 5.56. The van der Waals surface area contributed by atoms with Gasteiger partial charge in [0, 0.05) is 6.07 Å². The van der Waals surface area contributed by atoms with Crippen molar-refractivity contribution in [1.29, 1.82) is 0 Å². The minimum Gasteiger partial charge on any atom is -0.494 e. The minimum atomic E-state index is -1.18. The van der Waals surface area contributed by atoms with Gasteiger partial charge in [0.2, 0.25) is 0 Å². The molecule has 0 aromatic heterocycles. The summed E-state index contributed by atoms with van der Waals surface area (Å²) in [6.07, 6.45) is 7.32. The number of benzene rings is 2. The number of rotatable bonds is 5. The average Bonchev–Trinajstić information content (AvgIpc) is 2.66. The molecule has 0 bridgehead atoms. The molecule has 1 saturated carbocycles. The fraction of sp³-hybridized carbons (Fsp3) is 0.455. The van der Waals surface area contributed by atoms with Gasteiger partial charge in [-0.15, -0.1) is 0 Å². The van der Waals surface area contributed by atoms with E-state index in [1.165, 1.54) is 38.4 Å². The van der Waals surface area contributed by atoms with E-state index in [-0.39, 0.29) is 11.3 Å². The van der Waals surface area contributed by atoms with Gasteiger partial charge >= 0.3 is 0 Å². The molecule has 1 aliphatic rings. The summed E-state index contributed by atoms with van der Waals surface area (Å²) in [7, 11) is 1.23. The summed E-state index contributed by atoms with van der Waals surface area (Å²) in [5, 5.41) is 0. The lowest BCUT2D eigenvalue weighted by atomic mass is 9.77. The second-order valence-electron chi connectivity index (χ2n) is 7.19. The molecule has 0 N–H and O–H groups in total. The smallest absolute Gasteiger partial charge is 0.176 e. The molecule has 1 aliphatic carbocycles. The zero-order valence-electron chi connectivity index (χ0n) is 15.3. The van der Waals surface area contributed by atoms with Crippen LogP contribution in [0, 0.1) is 23.4 Å². The van der Waals surface area contributed by atoms with Crippen LogP contribution >= 0.6 is 0 Å². The maximum Gasteiger partial charge on any atom is 0.176 e. The summed E-state index contributed by atoms with van der Waals surface area (Å²) in [4.78, 5) is 0. The zero-order chi connectivity index (χ0) is 18.7. The molecule has 3 rings (SSSR count). The van der Waals surface area contributed by atoms with Gasteiger partial charge < -0.3 is 4.74 Å². The van der Waals surface area contributed by atoms with Crippen molar-refractivity contribution in [3.05, 3.63) is 53.3 Å². The van der Waals surface area contributed by atoms with E-state index in [0.717, 1.165) is 24.8 Å². The van der Waals surface area contributed by atoms with Crippen molar-refractivity contribution in [2.75, 3.05) is 7.11 Å². The first-order valence-corrected chi connectivity index (χ1v) is 9.37. The van der Waals surface area contributed by atoms with Crippen molar-refractivity contribution in [1.82, 2.24) is 0 Å². The number of ether oxygens (including phenoxy) is 1. The second-order valence-corrected chi connectivity index (χ2v) is 7.19. The van der Waals surface area contributed by atoms with Crippen molar-refractivity contribution in [2.24, 2.45) is 5.92 Å². The van der Waals surface area contributed by atoms with Crippen molar-refractivity contribution in [3.63, 3.8) is 0 Å². The monoisotopic (exact) mass is 362 g/mol. The molecule has 0 amide bonds. The van der Waals surface area contributed by atoms with E-state index in [1.807, 2.05) is 12.1 Å². The van der Waals surface area contributed by atoms with Gasteiger partial charge in [-0.25, -0.2) is 13.2 Å². The van der Waals surface area contributed by atoms with Crippen LogP contribution < -0.4 is 4.74 Å². The molecule has 0 heterocycles. The van der Waals surface area contributed by atoms with Crippen LogP contribution in [0.2, 0.25) is 0 Å². The Balaban J connectivity index is 1.82. The van der Waals surface area contributed by atoms with Gasteiger partial charge in [0.1, 0.15) is 0 Å². The first kappa shape index (κ1) is 18.8. The van der Waals surface area contributed by atoms with Crippen LogP contribution in [-0.2, 0) is 0 Å². The lowest BCUT2D eigenvalue weighted by Crippen LogP contribution is -2.13. The maximum atomic E-state index is 14.4. The number of hydrogen-bond acceptors (Lipinski definition) is 1. The van der Waals surface area contributed by atoms with Gasteiger partial charge in [-0.05, 0) is 48.6 Å². The quantitative estimate of drug-likeness (QED) is 0.528. The SMILES string of the molecule is CCCC1CCC(c2ccc(-c3c(F)c(F)cc(OC)c3F)cc2)CC1. The van der Waals surface area contributed by atoms with Crippen LogP contribution in [0.3, 0.4) is 0 Å². The Hall–Kier alpha value is -1.97. The van der Waals surface area contributed by atoms with Crippen molar-refractivity contribution >= 4 is 0 Å². The van der Waals surface area contributed by atoms with Crippen molar-refractivity contribution in [3.8, 4) is 16.9 Å². The Morgan fingerprint density at radius 3 is 2.19 bits per heavy atom. The predicted octanol–water partition coefficient (Wildman–Crippen LogP) is 6.85. The van der Waals surface area contributed by atoms with Crippen LogP contribution in [0.1, 0.15) is 56.9 Å². The highest BCUT2D eigenvalue weighted by molar-refractivity contribution is 5.67. The number of halogens is 3. The molecule has 0 aliphatic heterocycles. The highest BCUT2D eigenvalue weighted by atomic mass is 19.2. The van der Waals surface area contributed by atoms with Crippen LogP contribution in [-0.4, -0.2) is 7.11 Å². The van der Waals surface area contributed by atoms with E-state index in [9.17, 15) is 13.2 Å². The lowest BCUT2D eigenvalue weighted by Gasteiger charge is -2.28. The van der Waals surface area contributed by atoms with Crippen LogP contribution in [0.25, 0.3) is 11.1 Å². The van der Waals surface area contributed by atoms with Gasteiger partial charge in [-0.3, -0.25) is 0 Å². The molecule has 0 spiro atoms. The summed E-state index contributed by atoms with van der Waals surface area (Å²) in [5.74, 6) is -2.14. The Kier molecular flexibility index (Phi) is 5.90. The van der Waals surface area contributed by atoms with Crippen LogP contribution in [0.5, 0.6) is 5.75 Å². The molecule has 0 unspecified atom stereocenters. The molecule has 2 aromatic carbocycles. The van der Waals surface area contributed by atoms with Crippen LogP contribution in [0.4, 0.5) is 13.2 Å². The molecular weight excluding hydrogens is 337 g/mol. The summed E-state index contributed by atoms with van der Waals surface area (Å²) in [6, 6.07) is 7.91. The molecule has 4 heteroatoms. The molecule has 0 atom stereocenters. The van der Waals surface area contributed by atoms with E-state index in [0.29, 0.717) is 11.5 Å². The van der Waals surface area contributed by atoms with Crippen molar-refractivity contribution in [2.45, 2.75) is 51.4 Å². The molecule has 0 saturated heterocycles. The predicted molar refractivity (Wildman–Crippen MR) is 97.9 cm³/mol. The topological polar surface area (TPSA) is 9.23 Å². The molecular formula is C22H25F3O. The Morgan fingerprint density at radius 2 is 1.62 bits per heavy atom. The lowest BCUT2D eigenvalue weighted by molar-refractivity contribution is 0.308. The first-order valence-electron chi connectivity index (χ1n) is 9.37. The zero-order valence-corrected chi connectivity index (χ0v) is 15.3. The third kappa shape index (κ3) is 3.74. The number of methoxy groups -OCH3 is 1. The van der Waals surface area contributed by atoms with E-state index < -0.39 is 17.5 Å². The minimum absolute atomic E-state index is 0.294. The normalized spacial score (nSPS) is 20.2. The standard InChI is InChI=1S/C22H25F3O/c1-3-4-14-5-7-15(8-6-14)16-9-11-17(12-10-16)20-21(24)18(23)13-19(26-2)22(20)25/h9-15H,3-8H2,1-2H3. The summed E-state index contributed by atoms with van der Waals surface area (Å²) < 4.78 is 47.2. The fourth-order valence-electron chi connectivity index (χ4n) is 4.10. The first-order chi connectivity index (χ1) is 12.5. The molecule has 140 valence electrons. The average molecular weight is 362 g/mol.